The van der Waals surface area contributed by atoms with Crippen LogP contribution in [0.2, 0.25) is 0 Å². The number of rotatable bonds is 10. The predicted molar refractivity (Wildman–Crippen MR) is 142 cm³/mol. The summed E-state index contributed by atoms with van der Waals surface area (Å²) >= 11 is 0. The average Bonchev–Trinajstić information content (AvgIpc) is 3.30. The highest BCUT2D eigenvalue weighted by Gasteiger charge is 2.29. The van der Waals surface area contributed by atoms with Gasteiger partial charge in [0.25, 0.3) is 5.56 Å². The Bertz CT molecular complexity index is 1410. The van der Waals surface area contributed by atoms with E-state index in [4.69, 9.17) is 9.72 Å². The zero-order chi connectivity index (χ0) is 26.7. The summed E-state index contributed by atoms with van der Waals surface area (Å²) in [5, 5.41) is 4.56. The molecule has 0 aliphatic carbocycles. The van der Waals surface area contributed by atoms with E-state index in [1.807, 2.05) is 11.6 Å². The summed E-state index contributed by atoms with van der Waals surface area (Å²) in [6.45, 7) is 11.7. The van der Waals surface area contributed by atoms with Gasteiger partial charge in [0.15, 0.2) is 5.52 Å². The van der Waals surface area contributed by atoms with Crippen LogP contribution in [0.5, 0.6) is 0 Å². The van der Waals surface area contributed by atoms with E-state index in [9.17, 15) is 13.2 Å². The minimum Gasteiger partial charge on any atom is -0.384 e. The van der Waals surface area contributed by atoms with Crippen LogP contribution in [0.3, 0.4) is 0 Å². The number of piperazine rings is 1. The Morgan fingerprint density at radius 1 is 1.14 bits per heavy atom. The van der Waals surface area contributed by atoms with Gasteiger partial charge in [-0.15, -0.1) is 0 Å². The van der Waals surface area contributed by atoms with Crippen LogP contribution in [0.15, 0.2) is 22.0 Å². The van der Waals surface area contributed by atoms with Gasteiger partial charge in [0.05, 0.1) is 18.0 Å². The second-order valence-electron chi connectivity index (χ2n) is 9.36. The Morgan fingerprint density at radius 2 is 1.86 bits per heavy atom. The molecule has 1 N–H and O–H groups in total. The number of likely N-dealkylation sites (N-methyl/N-ethyl adjacent to an activating group) is 1. The fourth-order valence-corrected chi connectivity index (χ4v) is 6.08. The van der Waals surface area contributed by atoms with E-state index in [1.165, 1.54) is 10.5 Å². The number of ether oxygens (including phenoxy) is 1. The number of aryl methyl sites for hydroxylation is 1. The molecule has 0 spiro atoms. The van der Waals surface area contributed by atoms with Gasteiger partial charge < -0.3 is 14.6 Å². The highest BCUT2D eigenvalue weighted by atomic mass is 32.2. The number of nitrogens with one attached hydrogen (secondary N) is 1. The number of hydrogen-bond donors (Lipinski definition) is 1. The summed E-state index contributed by atoms with van der Waals surface area (Å²) in [4.78, 5) is 27.6. The van der Waals surface area contributed by atoms with E-state index in [-0.39, 0.29) is 27.8 Å². The molecule has 1 aliphatic rings. The van der Waals surface area contributed by atoms with Crippen molar-refractivity contribution in [1.29, 1.82) is 0 Å². The van der Waals surface area contributed by atoms with Crippen molar-refractivity contribution >= 4 is 21.1 Å². The van der Waals surface area contributed by atoms with Gasteiger partial charge in [0.1, 0.15) is 16.2 Å². The number of sulfonamides is 1. The zero-order valence-corrected chi connectivity index (χ0v) is 23.1. The number of methoxy groups -OCH3 is 1. The summed E-state index contributed by atoms with van der Waals surface area (Å²) in [5.41, 5.74) is 2.40. The van der Waals surface area contributed by atoms with Crippen LogP contribution in [0.4, 0.5) is 0 Å². The van der Waals surface area contributed by atoms with Gasteiger partial charge in [-0.25, -0.2) is 13.4 Å². The Hall–Kier alpha value is -2.67. The highest BCUT2D eigenvalue weighted by Crippen LogP contribution is 2.27. The molecule has 202 valence electrons. The van der Waals surface area contributed by atoms with Crippen molar-refractivity contribution in [2.75, 3.05) is 46.4 Å². The summed E-state index contributed by atoms with van der Waals surface area (Å²) < 4.78 is 35.7. The molecule has 0 saturated carbocycles. The number of aromatic nitrogens is 5. The molecule has 1 unspecified atom stereocenters. The largest absolute Gasteiger partial charge is 0.384 e. The van der Waals surface area contributed by atoms with Crippen molar-refractivity contribution in [3.05, 3.63) is 34.0 Å². The average molecular weight is 532 g/mol. The third-order valence-corrected chi connectivity index (χ3v) is 9.02. The molecular weight excluding hydrogens is 494 g/mol. The van der Waals surface area contributed by atoms with Gasteiger partial charge in [-0.3, -0.25) is 14.5 Å². The summed E-state index contributed by atoms with van der Waals surface area (Å²) in [5.74, 6) is 0.280. The van der Waals surface area contributed by atoms with E-state index in [2.05, 4.69) is 40.7 Å². The van der Waals surface area contributed by atoms with Crippen molar-refractivity contribution < 1.29 is 13.2 Å². The first-order chi connectivity index (χ1) is 17.7. The Labute approximate surface area is 217 Å². The quantitative estimate of drug-likeness (QED) is 0.422. The molecule has 12 heteroatoms. The van der Waals surface area contributed by atoms with Crippen LogP contribution in [0.1, 0.15) is 51.5 Å². The molecule has 3 aromatic heterocycles. The van der Waals surface area contributed by atoms with Crippen molar-refractivity contribution in [1.82, 2.24) is 33.9 Å². The van der Waals surface area contributed by atoms with Crippen molar-refractivity contribution in [3.8, 4) is 11.4 Å². The second kappa shape index (κ2) is 11.4. The number of fused-ring (bicyclic) bond motifs is 1. The first-order valence-corrected chi connectivity index (χ1v) is 14.4. The number of pyridine rings is 1. The van der Waals surface area contributed by atoms with E-state index in [0.29, 0.717) is 62.4 Å². The third-order valence-electron chi connectivity index (χ3n) is 7.16. The Balaban J connectivity index is 1.83. The lowest BCUT2D eigenvalue weighted by molar-refractivity contribution is 0.196. The molecule has 0 radical (unpaired) electrons. The molecule has 4 heterocycles. The summed E-state index contributed by atoms with van der Waals surface area (Å²) in [6.07, 6.45) is 3.36. The van der Waals surface area contributed by atoms with E-state index in [1.54, 1.807) is 13.2 Å². The second-order valence-corrected chi connectivity index (χ2v) is 11.3. The minimum atomic E-state index is -3.76. The van der Waals surface area contributed by atoms with Crippen LogP contribution in [0.25, 0.3) is 22.4 Å². The smallest absolute Gasteiger partial charge is 0.279 e. The molecular formula is C25H37N7O4S. The third kappa shape index (κ3) is 5.33. The topological polar surface area (TPSA) is 126 Å². The Morgan fingerprint density at radius 3 is 2.49 bits per heavy atom. The van der Waals surface area contributed by atoms with Crippen LogP contribution in [0, 0.1) is 0 Å². The van der Waals surface area contributed by atoms with Gasteiger partial charge in [-0.1, -0.05) is 20.8 Å². The maximum Gasteiger partial charge on any atom is 0.279 e. The van der Waals surface area contributed by atoms with Crippen molar-refractivity contribution in [3.63, 3.8) is 0 Å². The molecule has 0 aromatic carbocycles. The fourth-order valence-electron chi connectivity index (χ4n) is 4.69. The molecule has 37 heavy (non-hydrogen) atoms. The standard InChI is InChI=1S/C25H37N7O4S/c1-6-17(4)32-21(7-2)22-23(29-32)25(33)28-24(27-22)19-15-18(16-26-20(19)9-14-36-5)37(34,35)31-12-10-30(8-3)11-13-31/h15-17H,6-14H2,1-5H3,(H,27,28,33). The lowest BCUT2D eigenvalue weighted by atomic mass is 10.1. The van der Waals surface area contributed by atoms with Crippen LogP contribution >= 0.6 is 0 Å². The molecule has 11 nitrogen and oxygen atoms in total. The number of H-pyrrole nitrogens is 1. The first kappa shape index (κ1) is 27.4. The van der Waals surface area contributed by atoms with Crippen LogP contribution in [-0.4, -0.2) is 88.8 Å². The molecule has 3 aromatic rings. The number of aromatic amines is 1. The van der Waals surface area contributed by atoms with E-state index in [0.717, 1.165) is 18.7 Å². The van der Waals surface area contributed by atoms with Crippen molar-refractivity contribution in [2.45, 2.75) is 57.9 Å². The molecule has 1 saturated heterocycles. The fraction of sp³-hybridized carbons (Fsp3) is 0.600. The summed E-state index contributed by atoms with van der Waals surface area (Å²) in [6, 6.07) is 1.70. The molecule has 4 rings (SSSR count). The number of nitrogens with zero attached hydrogens (tertiary/aromatic N) is 6. The van der Waals surface area contributed by atoms with Crippen LogP contribution < -0.4 is 5.56 Å². The molecule has 1 atom stereocenters. The highest BCUT2D eigenvalue weighted by molar-refractivity contribution is 7.89. The maximum atomic E-state index is 13.5. The normalized spacial score (nSPS) is 16.5. The Kier molecular flexibility index (Phi) is 8.42. The van der Waals surface area contributed by atoms with Gasteiger partial charge in [-0.2, -0.15) is 9.40 Å². The van der Waals surface area contributed by atoms with Gasteiger partial charge in [0, 0.05) is 57.5 Å². The monoisotopic (exact) mass is 531 g/mol. The van der Waals surface area contributed by atoms with Crippen LogP contribution in [-0.2, 0) is 27.6 Å². The first-order valence-electron chi connectivity index (χ1n) is 13.0. The molecule has 0 amide bonds. The molecule has 0 bridgehead atoms. The van der Waals surface area contributed by atoms with E-state index < -0.39 is 10.0 Å². The number of hydrogen-bond acceptors (Lipinski definition) is 8. The zero-order valence-electron chi connectivity index (χ0n) is 22.3. The van der Waals surface area contributed by atoms with Gasteiger partial charge in [-0.05, 0) is 32.4 Å². The lowest BCUT2D eigenvalue weighted by Crippen LogP contribution is -2.48. The van der Waals surface area contributed by atoms with E-state index >= 15 is 0 Å². The maximum absolute atomic E-state index is 13.5. The minimum absolute atomic E-state index is 0.0855. The van der Waals surface area contributed by atoms with Gasteiger partial charge >= 0.3 is 0 Å². The molecule has 1 aliphatic heterocycles. The summed E-state index contributed by atoms with van der Waals surface area (Å²) in [7, 11) is -2.17. The van der Waals surface area contributed by atoms with Gasteiger partial charge in [0.2, 0.25) is 10.0 Å². The molecule has 1 fully saturated rings. The predicted octanol–water partition coefficient (Wildman–Crippen LogP) is 2.23. The van der Waals surface area contributed by atoms with Crippen molar-refractivity contribution in [2.24, 2.45) is 0 Å². The lowest BCUT2D eigenvalue weighted by Gasteiger charge is -2.33. The SMILES string of the molecule is CCc1c2nc(-c3cc(S(=O)(=O)N4CCN(CC)CC4)cnc3CCOC)[nH]c(=O)c2nn1C(C)CC.